The first-order valence-electron chi connectivity index (χ1n) is 10.7. The van der Waals surface area contributed by atoms with Gasteiger partial charge in [0, 0.05) is 19.1 Å². The molecule has 0 N–H and O–H groups in total. The second kappa shape index (κ2) is 10.4. The van der Waals surface area contributed by atoms with Gasteiger partial charge in [-0.05, 0) is 30.5 Å². The van der Waals surface area contributed by atoms with Crippen LogP contribution in [0.15, 0.2) is 48.3 Å². The molecule has 1 aromatic heterocycles. The fourth-order valence-electron chi connectivity index (χ4n) is 3.77. The van der Waals surface area contributed by atoms with Gasteiger partial charge in [-0.25, -0.2) is 17.8 Å². The smallest absolute Gasteiger partial charge is 0.228 e. The van der Waals surface area contributed by atoms with Crippen molar-refractivity contribution in [3.8, 4) is 0 Å². The zero-order valence-corrected chi connectivity index (χ0v) is 19.4. The number of hydrogen-bond acceptors (Lipinski definition) is 5. The first kappa shape index (κ1) is 24.1. The summed E-state index contributed by atoms with van der Waals surface area (Å²) in [5.74, 6) is -0.974. The molecule has 7 nitrogen and oxygen atoms in total. The molecule has 1 atom stereocenters. The van der Waals surface area contributed by atoms with Gasteiger partial charge >= 0.3 is 0 Å². The van der Waals surface area contributed by atoms with Crippen molar-refractivity contribution >= 4 is 15.7 Å². The lowest BCUT2D eigenvalue weighted by Gasteiger charge is -2.24. The van der Waals surface area contributed by atoms with E-state index in [-0.39, 0.29) is 35.4 Å². The Hall–Kier alpha value is -2.52. The van der Waals surface area contributed by atoms with Crippen LogP contribution in [0.3, 0.4) is 0 Å². The molecule has 0 aliphatic carbocycles. The summed E-state index contributed by atoms with van der Waals surface area (Å²) in [6, 6.07) is 5.38. The highest BCUT2D eigenvalue weighted by molar-refractivity contribution is 7.90. The summed E-state index contributed by atoms with van der Waals surface area (Å²) in [5, 5.41) is -0.0668. The predicted octanol–water partition coefficient (Wildman–Crippen LogP) is 3.35. The van der Waals surface area contributed by atoms with Crippen LogP contribution in [-0.4, -0.2) is 48.0 Å². The highest BCUT2D eigenvalue weighted by Crippen LogP contribution is 2.23. The fourth-order valence-corrected chi connectivity index (χ4v) is 5.27. The van der Waals surface area contributed by atoms with Crippen molar-refractivity contribution in [3.05, 3.63) is 60.2 Å². The van der Waals surface area contributed by atoms with Crippen LogP contribution in [0, 0.1) is 11.7 Å². The molecule has 9 heteroatoms. The first-order chi connectivity index (χ1) is 15.2. The van der Waals surface area contributed by atoms with E-state index in [9.17, 15) is 17.6 Å². The summed E-state index contributed by atoms with van der Waals surface area (Å²) < 4.78 is 47.1. The first-order valence-corrected chi connectivity index (χ1v) is 12.4. The van der Waals surface area contributed by atoms with Crippen LogP contribution in [0.25, 0.3) is 0 Å². The van der Waals surface area contributed by atoms with E-state index in [0.717, 1.165) is 12.8 Å². The monoisotopic (exact) mass is 463 g/mol. The van der Waals surface area contributed by atoms with E-state index in [0.29, 0.717) is 31.0 Å². The Morgan fingerprint density at radius 1 is 1.38 bits per heavy atom. The molecular formula is C23H30FN3O4S. The Bertz CT molecular complexity index is 1040. The zero-order chi connectivity index (χ0) is 23.3. The van der Waals surface area contributed by atoms with Crippen LogP contribution in [0.4, 0.5) is 4.39 Å². The molecule has 174 valence electrons. The van der Waals surface area contributed by atoms with Gasteiger partial charge in [0.2, 0.25) is 20.9 Å². The van der Waals surface area contributed by atoms with E-state index < -0.39 is 15.7 Å². The van der Waals surface area contributed by atoms with Crippen LogP contribution in [0.2, 0.25) is 0 Å². The Morgan fingerprint density at radius 2 is 2.09 bits per heavy atom. The summed E-state index contributed by atoms with van der Waals surface area (Å²) in [7, 11) is -3.81. The van der Waals surface area contributed by atoms with Crippen molar-refractivity contribution in [2.45, 2.75) is 56.8 Å². The second-order valence-electron chi connectivity index (χ2n) is 8.33. The summed E-state index contributed by atoms with van der Waals surface area (Å²) in [4.78, 5) is 18.5. The molecule has 1 aromatic carbocycles. The van der Waals surface area contributed by atoms with Gasteiger partial charge in [-0.3, -0.25) is 4.79 Å². The van der Waals surface area contributed by atoms with Crippen molar-refractivity contribution < 1.29 is 22.3 Å². The molecule has 3 rings (SSSR count). The molecule has 0 radical (unpaired) electrons. The van der Waals surface area contributed by atoms with Gasteiger partial charge in [-0.2, -0.15) is 0 Å². The van der Waals surface area contributed by atoms with Crippen molar-refractivity contribution in [2.75, 3.05) is 13.2 Å². The van der Waals surface area contributed by atoms with E-state index in [1.165, 1.54) is 30.5 Å². The van der Waals surface area contributed by atoms with E-state index in [1.807, 2.05) is 13.8 Å². The minimum absolute atomic E-state index is 0.0505. The van der Waals surface area contributed by atoms with Gasteiger partial charge in [0.25, 0.3) is 0 Å². The summed E-state index contributed by atoms with van der Waals surface area (Å²) in [5.41, 5.74) is 1.09. The van der Waals surface area contributed by atoms with Crippen LogP contribution in [-0.2, 0) is 38.2 Å². The Morgan fingerprint density at radius 3 is 2.69 bits per heavy atom. The van der Waals surface area contributed by atoms with Crippen molar-refractivity contribution in [1.29, 1.82) is 0 Å². The highest BCUT2D eigenvalue weighted by atomic mass is 32.2. The van der Waals surface area contributed by atoms with Gasteiger partial charge in [-0.15, -0.1) is 6.58 Å². The fraction of sp³-hybridized carbons (Fsp3) is 0.478. The quantitative estimate of drug-likeness (QED) is 0.505. The van der Waals surface area contributed by atoms with E-state index in [2.05, 4.69) is 11.6 Å². The number of sulfone groups is 1. The van der Waals surface area contributed by atoms with Crippen LogP contribution >= 0.6 is 0 Å². The molecule has 1 saturated heterocycles. The molecule has 2 aromatic rings. The number of carbonyl (C=O) groups excluding carboxylic acids is 1. The number of rotatable bonds is 10. The minimum Gasteiger partial charge on any atom is -0.376 e. The lowest BCUT2D eigenvalue weighted by molar-refractivity contribution is -0.134. The third kappa shape index (κ3) is 5.83. The van der Waals surface area contributed by atoms with E-state index >= 15 is 0 Å². The topological polar surface area (TPSA) is 81.5 Å². The molecule has 32 heavy (non-hydrogen) atoms. The number of carbonyl (C=O) groups is 1. The van der Waals surface area contributed by atoms with Gasteiger partial charge in [-0.1, -0.05) is 32.1 Å². The standard InChI is InChI=1S/C23H30FN3O4S/c1-4-11-26(22(28)17(2)3)14-20-13-25-23(27(20)15-21-6-5-12-31-21)32(29,30)16-18-7-9-19(24)10-8-18/h4,7-10,13,17,21H,1,5-6,11-12,14-16H2,2-3H3/t21-/m1/s1. The van der Waals surface area contributed by atoms with Gasteiger partial charge in [0.05, 0.1) is 36.8 Å². The molecule has 0 spiro atoms. The normalized spacial score (nSPS) is 16.4. The number of nitrogens with zero attached hydrogens (tertiary/aromatic N) is 3. The molecule has 1 fully saturated rings. The van der Waals surface area contributed by atoms with Gasteiger partial charge < -0.3 is 14.2 Å². The summed E-state index contributed by atoms with van der Waals surface area (Å²) in [6.45, 7) is 8.91. The average molecular weight is 464 g/mol. The SMILES string of the molecule is C=CCN(Cc1cnc(S(=O)(=O)Cc2ccc(F)cc2)n1C[C@H]1CCCO1)C(=O)C(C)C. The Kier molecular flexibility index (Phi) is 7.84. The van der Waals surface area contributed by atoms with Gasteiger partial charge in [0.1, 0.15) is 5.82 Å². The Balaban J connectivity index is 1.94. The van der Waals surface area contributed by atoms with Crippen LogP contribution in [0.5, 0.6) is 0 Å². The van der Waals surface area contributed by atoms with E-state index in [4.69, 9.17) is 4.74 Å². The number of hydrogen-bond donors (Lipinski definition) is 0. The minimum atomic E-state index is -3.81. The average Bonchev–Trinajstić information content (AvgIpc) is 3.39. The molecule has 1 amide bonds. The number of halogens is 1. The molecule has 1 aliphatic rings. The number of ether oxygens (including phenoxy) is 1. The molecule has 1 aliphatic heterocycles. The summed E-state index contributed by atoms with van der Waals surface area (Å²) in [6.07, 6.45) is 4.79. The highest BCUT2D eigenvalue weighted by Gasteiger charge is 2.28. The number of benzene rings is 1. The van der Waals surface area contributed by atoms with Crippen LogP contribution in [0.1, 0.15) is 37.9 Å². The van der Waals surface area contributed by atoms with Gasteiger partial charge in [0.15, 0.2) is 0 Å². The second-order valence-corrected chi connectivity index (χ2v) is 10.2. The molecule has 2 heterocycles. The maximum Gasteiger partial charge on any atom is 0.228 e. The van der Waals surface area contributed by atoms with Crippen molar-refractivity contribution in [3.63, 3.8) is 0 Å². The predicted molar refractivity (Wildman–Crippen MR) is 119 cm³/mol. The maximum absolute atomic E-state index is 13.2. The molecule has 0 bridgehead atoms. The zero-order valence-electron chi connectivity index (χ0n) is 18.5. The largest absolute Gasteiger partial charge is 0.376 e. The van der Waals surface area contributed by atoms with E-state index in [1.54, 1.807) is 15.5 Å². The molecule has 0 saturated carbocycles. The summed E-state index contributed by atoms with van der Waals surface area (Å²) >= 11 is 0. The third-order valence-corrected chi connectivity index (χ3v) is 6.96. The number of aromatic nitrogens is 2. The van der Waals surface area contributed by atoms with Crippen LogP contribution < -0.4 is 0 Å². The number of amides is 1. The van der Waals surface area contributed by atoms with Crippen molar-refractivity contribution in [1.82, 2.24) is 14.5 Å². The maximum atomic E-state index is 13.2. The third-order valence-electron chi connectivity index (χ3n) is 5.37. The molecule has 0 unspecified atom stereocenters. The Labute approximate surface area is 188 Å². The molecular weight excluding hydrogens is 433 g/mol. The lowest BCUT2D eigenvalue weighted by atomic mass is 10.2. The van der Waals surface area contributed by atoms with Crippen molar-refractivity contribution in [2.24, 2.45) is 5.92 Å². The lowest BCUT2D eigenvalue weighted by Crippen LogP contribution is -2.35. The number of imidazole rings is 1.